The van der Waals surface area contributed by atoms with Crippen LogP contribution < -0.4 is 16.4 Å². The number of hydrogen-bond acceptors (Lipinski definition) is 0. The van der Waals surface area contributed by atoms with Crippen molar-refractivity contribution in [1.82, 2.24) is 8.97 Å². The van der Waals surface area contributed by atoms with Crippen LogP contribution in [0.5, 0.6) is 0 Å². The van der Waals surface area contributed by atoms with Gasteiger partial charge in [-0.3, -0.25) is 0 Å². The summed E-state index contributed by atoms with van der Waals surface area (Å²) in [6.07, 6.45) is 0. The molecule has 59 heavy (non-hydrogen) atoms. The Morgan fingerprint density at radius 2 is 0.932 bits per heavy atom. The molecule has 3 heteroatoms. The van der Waals surface area contributed by atoms with Gasteiger partial charge in [-0.15, -0.1) is 0 Å². The Morgan fingerprint density at radius 1 is 0.390 bits per heavy atom. The molecule has 0 aliphatic carbocycles. The summed E-state index contributed by atoms with van der Waals surface area (Å²) in [6, 6.07) is 62.2. The van der Waals surface area contributed by atoms with E-state index in [9.17, 15) is 0 Å². The van der Waals surface area contributed by atoms with E-state index in [1.165, 1.54) is 115 Å². The smallest absolute Gasteiger partial charge is 0.248 e. The zero-order chi connectivity index (χ0) is 39.9. The maximum Gasteiger partial charge on any atom is 0.248 e. The van der Waals surface area contributed by atoms with Crippen LogP contribution in [0.2, 0.25) is 0 Å². The Labute approximate surface area is 345 Å². The molecule has 1 aliphatic heterocycles. The maximum absolute atomic E-state index is 2.59. The number of para-hydroxylation sites is 2. The van der Waals surface area contributed by atoms with Gasteiger partial charge in [-0.05, 0) is 97.6 Å². The molecule has 0 spiro atoms. The third kappa shape index (κ3) is 4.82. The van der Waals surface area contributed by atoms with Gasteiger partial charge in [0.1, 0.15) is 0 Å². The molecule has 8 aromatic carbocycles. The highest BCUT2D eigenvalue weighted by Crippen LogP contribution is 2.45. The van der Waals surface area contributed by atoms with Crippen molar-refractivity contribution in [3.05, 3.63) is 175 Å². The number of fused-ring (bicyclic) bond motifs is 11. The largest absolute Gasteiger partial charge is 0.310 e. The van der Waals surface area contributed by atoms with Crippen LogP contribution in [0.3, 0.4) is 0 Å². The fraction of sp³-hybridized carbons (Fsp3) is 0.143. The average molecular weight is 757 g/mol. The number of hydrogen-bond donors (Lipinski definition) is 0. The van der Waals surface area contributed by atoms with E-state index in [2.05, 4.69) is 214 Å². The highest BCUT2D eigenvalue weighted by atomic mass is 15.0. The van der Waals surface area contributed by atoms with Crippen molar-refractivity contribution in [2.45, 2.75) is 52.4 Å². The summed E-state index contributed by atoms with van der Waals surface area (Å²) in [5.41, 5.74) is 19.6. The minimum atomic E-state index is 0.000830. The predicted octanol–water partition coefficient (Wildman–Crippen LogP) is 12.7. The van der Waals surface area contributed by atoms with Crippen molar-refractivity contribution in [2.75, 3.05) is 0 Å². The number of aromatic nitrogens is 2. The van der Waals surface area contributed by atoms with Crippen LogP contribution in [-0.4, -0.2) is 15.7 Å². The molecule has 0 fully saturated rings. The van der Waals surface area contributed by atoms with Gasteiger partial charge in [-0.25, -0.2) is 0 Å². The molecule has 3 aromatic heterocycles. The van der Waals surface area contributed by atoms with Crippen LogP contribution in [-0.2, 0) is 10.8 Å². The van der Waals surface area contributed by atoms with E-state index >= 15 is 0 Å². The molecule has 4 heterocycles. The molecule has 11 aromatic rings. The predicted molar refractivity (Wildman–Crippen MR) is 255 cm³/mol. The van der Waals surface area contributed by atoms with E-state index in [1.54, 1.807) is 0 Å². The average Bonchev–Trinajstić information content (AvgIpc) is 3.88. The van der Waals surface area contributed by atoms with Crippen LogP contribution in [0.1, 0.15) is 52.7 Å². The Balaban J connectivity index is 1.21. The monoisotopic (exact) mass is 756 g/mol. The molecule has 0 N–H and O–H groups in total. The van der Waals surface area contributed by atoms with Gasteiger partial charge in [0, 0.05) is 43.5 Å². The molecule has 0 saturated carbocycles. The molecule has 2 nitrogen and oxygen atoms in total. The topological polar surface area (TPSA) is 9.34 Å². The normalized spacial score (nSPS) is 13.2. The molecule has 0 bridgehead atoms. The molecule has 0 radical (unpaired) electrons. The second kappa shape index (κ2) is 12.0. The van der Waals surface area contributed by atoms with Gasteiger partial charge in [0.2, 0.25) is 6.71 Å². The van der Waals surface area contributed by atoms with Crippen molar-refractivity contribution in [3.8, 4) is 27.9 Å². The van der Waals surface area contributed by atoms with Gasteiger partial charge >= 0.3 is 0 Å². The van der Waals surface area contributed by atoms with E-state index in [-0.39, 0.29) is 17.5 Å². The Kier molecular flexibility index (Phi) is 7.00. The maximum atomic E-state index is 2.59. The minimum Gasteiger partial charge on any atom is -0.310 e. The highest BCUT2D eigenvalue weighted by molar-refractivity contribution is 6.99. The summed E-state index contributed by atoms with van der Waals surface area (Å²) in [5.74, 6) is 0. The number of benzene rings is 8. The molecule has 0 unspecified atom stereocenters. The van der Waals surface area contributed by atoms with Gasteiger partial charge in [-0.1, -0.05) is 168 Å². The van der Waals surface area contributed by atoms with Crippen molar-refractivity contribution in [3.63, 3.8) is 0 Å². The van der Waals surface area contributed by atoms with Gasteiger partial charge in [0.15, 0.2) is 0 Å². The third-order valence-corrected chi connectivity index (χ3v) is 13.4. The number of rotatable bonds is 3. The molecular formula is C56H45BN2. The summed E-state index contributed by atoms with van der Waals surface area (Å²) in [4.78, 5) is 0. The molecule has 282 valence electrons. The van der Waals surface area contributed by atoms with Crippen LogP contribution in [0.25, 0.3) is 87.8 Å². The third-order valence-electron chi connectivity index (χ3n) is 13.4. The Bertz CT molecular complexity index is 3440. The standard InChI is InChI=1S/C56H45BN2/c1-55(2,3)36-27-28-48-41(29-36)44-30-37(56(4,5)6)31-45-43-33-50-42(32-51(43)58(48)53(44)45)40-23-16-25-47-54(40)59(50)49-26-14-13-24-46(49)57(47)52-38(34-17-9-7-10-18-34)21-15-22-39(52)35-19-11-8-12-20-35/h7-33H,1-6H3. The van der Waals surface area contributed by atoms with E-state index < -0.39 is 0 Å². The molecule has 1 aliphatic rings. The fourth-order valence-corrected chi connectivity index (χ4v) is 10.5. The summed E-state index contributed by atoms with van der Waals surface area (Å²) in [7, 11) is 0. The first-order valence-corrected chi connectivity index (χ1v) is 21.1. The van der Waals surface area contributed by atoms with Crippen molar-refractivity contribution < 1.29 is 0 Å². The SMILES string of the molecule is CC(C)(C)c1ccc2c(c1)c1cc(C(C)(C)C)cc3c4cc5c(cc4n2c13)c1cccc2c1n5-c1ccccc1B2c1c(-c2ccccc2)cccc1-c1ccccc1. The van der Waals surface area contributed by atoms with Gasteiger partial charge in [0.25, 0.3) is 0 Å². The number of nitrogens with zero attached hydrogens (tertiary/aromatic N) is 2. The van der Waals surface area contributed by atoms with E-state index in [4.69, 9.17) is 0 Å². The molecule has 0 saturated heterocycles. The molecule has 0 atom stereocenters. The molecule has 0 amide bonds. The minimum absolute atomic E-state index is 0.000830. The van der Waals surface area contributed by atoms with Crippen molar-refractivity contribution in [1.29, 1.82) is 0 Å². The Morgan fingerprint density at radius 3 is 1.59 bits per heavy atom. The molecular weight excluding hydrogens is 711 g/mol. The lowest BCUT2D eigenvalue weighted by molar-refractivity contribution is 0.590. The lowest BCUT2D eigenvalue weighted by Crippen LogP contribution is -2.57. The van der Waals surface area contributed by atoms with Crippen LogP contribution in [0, 0.1) is 0 Å². The zero-order valence-electron chi connectivity index (χ0n) is 34.6. The van der Waals surface area contributed by atoms with Crippen LogP contribution >= 0.6 is 0 Å². The second-order valence-corrected chi connectivity index (χ2v) is 18.9. The molecule has 12 rings (SSSR count). The zero-order valence-corrected chi connectivity index (χ0v) is 34.6. The van der Waals surface area contributed by atoms with Gasteiger partial charge in [0.05, 0.1) is 22.1 Å². The summed E-state index contributed by atoms with van der Waals surface area (Å²) in [6.45, 7) is 14.0. The van der Waals surface area contributed by atoms with E-state index in [1.807, 2.05) is 0 Å². The van der Waals surface area contributed by atoms with E-state index in [0.29, 0.717) is 0 Å². The quantitative estimate of drug-likeness (QED) is 0.159. The summed E-state index contributed by atoms with van der Waals surface area (Å²) < 4.78 is 5.16. The highest BCUT2D eigenvalue weighted by Gasteiger charge is 2.37. The first kappa shape index (κ1) is 34.5. The lowest BCUT2D eigenvalue weighted by atomic mass is 9.34. The lowest BCUT2D eigenvalue weighted by Gasteiger charge is -2.30. The first-order chi connectivity index (χ1) is 28.6. The second-order valence-electron chi connectivity index (χ2n) is 18.9. The van der Waals surface area contributed by atoms with E-state index in [0.717, 1.165) is 0 Å². The van der Waals surface area contributed by atoms with Gasteiger partial charge in [-0.2, -0.15) is 0 Å². The van der Waals surface area contributed by atoms with Crippen LogP contribution in [0.4, 0.5) is 0 Å². The van der Waals surface area contributed by atoms with Crippen LogP contribution in [0.15, 0.2) is 164 Å². The van der Waals surface area contributed by atoms with Crippen molar-refractivity contribution >= 4 is 83.0 Å². The van der Waals surface area contributed by atoms with Gasteiger partial charge < -0.3 is 8.97 Å². The van der Waals surface area contributed by atoms with Crippen molar-refractivity contribution in [2.24, 2.45) is 0 Å². The Hall–Kier alpha value is -6.58. The summed E-state index contributed by atoms with van der Waals surface area (Å²) in [5, 5.41) is 7.93. The summed E-state index contributed by atoms with van der Waals surface area (Å²) >= 11 is 0. The first-order valence-electron chi connectivity index (χ1n) is 21.1. The fourth-order valence-electron chi connectivity index (χ4n) is 10.5.